The smallest absolute Gasteiger partial charge is 0.227 e. The van der Waals surface area contributed by atoms with E-state index < -0.39 is 0 Å². The Hall–Kier alpha value is -5.36. The second-order valence-electron chi connectivity index (χ2n) is 18.9. The number of anilines is 2. The van der Waals surface area contributed by atoms with Crippen molar-refractivity contribution in [2.45, 2.75) is 114 Å². The Balaban J connectivity index is 0.000000143. The van der Waals surface area contributed by atoms with Crippen molar-refractivity contribution in [3.63, 3.8) is 0 Å². The van der Waals surface area contributed by atoms with Crippen LogP contribution in [0.15, 0.2) is 37.2 Å². The summed E-state index contributed by atoms with van der Waals surface area (Å²) in [5.74, 6) is 3.57. The van der Waals surface area contributed by atoms with Gasteiger partial charge in [-0.05, 0) is 90.9 Å². The molecule has 18 nitrogen and oxygen atoms in total. The summed E-state index contributed by atoms with van der Waals surface area (Å²) < 4.78 is 3.78. The number of nitrogens with zero attached hydrogens (tertiary/aromatic N) is 14. The molecule has 2 amide bonds. The molecule has 0 radical (unpaired) electrons. The molecule has 6 aliphatic rings. The number of hydrogen-bond donors (Lipinski definition) is 2. The minimum Gasteiger partial charge on any atom is -0.342 e. The van der Waals surface area contributed by atoms with Gasteiger partial charge in [0.2, 0.25) is 23.7 Å². The number of carbonyl (C=O) groups is 2. The van der Waals surface area contributed by atoms with E-state index in [1.807, 2.05) is 31.6 Å². The van der Waals surface area contributed by atoms with Crippen LogP contribution in [0.4, 0.5) is 11.9 Å². The van der Waals surface area contributed by atoms with Crippen LogP contribution in [0.5, 0.6) is 0 Å². The van der Waals surface area contributed by atoms with Crippen molar-refractivity contribution in [2.24, 2.45) is 11.8 Å². The fourth-order valence-electron chi connectivity index (χ4n) is 10.3. The topological polar surface area (TPSA) is 192 Å². The lowest BCUT2D eigenvalue weighted by Crippen LogP contribution is -2.48. The average molecular weight is 910 g/mol. The van der Waals surface area contributed by atoms with Crippen molar-refractivity contribution in [3.8, 4) is 0 Å². The Bertz CT molecular complexity index is 2510. The number of amides is 2. The van der Waals surface area contributed by atoms with Crippen LogP contribution >= 0.6 is 23.2 Å². The highest BCUT2D eigenvalue weighted by Crippen LogP contribution is 2.49. The molecule has 0 unspecified atom stereocenters. The van der Waals surface area contributed by atoms with E-state index in [0.29, 0.717) is 46.3 Å². The first-order chi connectivity index (χ1) is 31.1. The molecule has 0 aromatic carbocycles. The largest absolute Gasteiger partial charge is 0.342 e. The van der Waals surface area contributed by atoms with E-state index in [0.717, 1.165) is 126 Å². The van der Waals surface area contributed by atoms with Crippen LogP contribution < -0.4 is 9.80 Å². The number of rotatable bonds is 8. The highest BCUT2D eigenvalue weighted by Gasteiger charge is 2.51. The van der Waals surface area contributed by atoms with E-state index in [9.17, 15) is 9.59 Å². The second-order valence-corrected chi connectivity index (χ2v) is 19.7. The van der Waals surface area contributed by atoms with Crippen LogP contribution in [-0.4, -0.2) is 132 Å². The summed E-state index contributed by atoms with van der Waals surface area (Å²) in [7, 11) is 0. The molecular weight excluding hydrogens is 855 g/mol. The average Bonchev–Trinajstić information content (AvgIpc) is 3.77. The van der Waals surface area contributed by atoms with E-state index in [4.69, 9.17) is 43.1 Å². The predicted octanol–water partition coefficient (Wildman–Crippen LogP) is 5.94. The number of hydrogen-bond acceptors (Lipinski definition) is 12. The molecule has 6 fully saturated rings. The van der Waals surface area contributed by atoms with Gasteiger partial charge in [0.25, 0.3) is 0 Å². The fourth-order valence-corrected chi connectivity index (χ4v) is 10.6. The molecule has 6 aromatic heterocycles. The van der Waals surface area contributed by atoms with Crippen LogP contribution in [0.3, 0.4) is 0 Å². The molecule has 4 saturated heterocycles. The van der Waals surface area contributed by atoms with Gasteiger partial charge < -0.3 is 29.6 Å². The SMILES string of the molecule is C[C@@H]1CC[C@H](C(=O)N2CCCC2)CN1c1ncc2[nH]c(C3(n4cc(Cl)cn4)CC3)nc2n1.C[C@H]1CC[C@@H](C(=O)N2CCCC2)CN1c1ncc2[nH]c(C3(n4cc(Cl)cn4)CC3)nc2n1. The number of halogens is 2. The van der Waals surface area contributed by atoms with E-state index in [-0.39, 0.29) is 46.8 Å². The quantitative estimate of drug-likeness (QED) is 0.183. The summed E-state index contributed by atoms with van der Waals surface area (Å²) in [4.78, 5) is 69.6. The number of fused-ring (bicyclic) bond motifs is 2. The van der Waals surface area contributed by atoms with Crippen molar-refractivity contribution in [1.82, 2.24) is 69.2 Å². The lowest BCUT2D eigenvalue weighted by atomic mass is 9.92. The first kappa shape index (κ1) is 41.4. The standard InChI is InChI=1S/2C22H27ClN8O/c2*1-14-4-5-15(19(32)29-8-2-3-9-29)12-30(14)21-24-11-17-18(28-21)27-20(26-17)22(6-7-22)31-13-16(23)10-25-31/h2*10-11,13-15H,2-9,12H2,1H3,(H,24,26,27,28)/t2*14-,15+/m10/s1. The third kappa shape index (κ3) is 7.53. The van der Waals surface area contributed by atoms with E-state index in [1.165, 1.54) is 0 Å². The van der Waals surface area contributed by atoms with Crippen LogP contribution in [0, 0.1) is 11.8 Å². The van der Waals surface area contributed by atoms with Crippen molar-refractivity contribution in [2.75, 3.05) is 49.1 Å². The molecule has 2 saturated carbocycles. The van der Waals surface area contributed by atoms with Gasteiger partial charge in [0.1, 0.15) is 33.8 Å². The number of carbonyl (C=O) groups excluding carboxylic acids is 2. The Labute approximate surface area is 380 Å². The Morgan fingerprint density at radius 2 is 1.00 bits per heavy atom. The maximum Gasteiger partial charge on any atom is 0.227 e. The second kappa shape index (κ2) is 16.3. The van der Waals surface area contributed by atoms with Gasteiger partial charge in [-0.1, -0.05) is 23.2 Å². The number of piperidine rings is 2. The van der Waals surface area contributed by atoms with Gasteiger partial charge >= 0.3 is 0 Å². The molecule has 64 heavy (non-hydrogen) atoms. The molecule has 20 heteroatoms. The summed E-state index contributed by atoms with van der Waals surface area (Å²) in [5.41, 5.74) is 2.36. The van der Waals surface area contributed by atoms with Crippen LogP contribution in [0.1, 0.15) is 103 Å². The van der Waals surface area contributed by atoms with Gasteiger partial charge in [-0.2, -0.15) is 20.2 Å². The number of likely N-dealkylation sites (tertiary alicyclic amines) is 2. The van der Waals surface area contributed by atoms with Gasteiger partial charge in [0.15, 0.2) is 11.3 Å². The summed E-state index contributed by atoms with van der Waals surface area (Å²) in [6, 6.07) is 0.573. The summed E-state index contributed by atoms with van der Waals surface area (Å²) in [6.07, 6.45) is 22.6. The van der Waals surface area contributed by atoms with Crippen molar-refractivity contribution in [3.05, 3.63) is 58.9 Å². The third-order valence-corrected chi connectivity index (χ3v) is 15.0. The highest BCUT2D eigenvalue weighted by atomic mass is 35.5. The minimum atomic E-state index is -0.278. The van der Waals surface area contributed by atoms with Gasteiger partial charge in [0, 0.05) is 63.7 Å². The Morgan fingerprint density at radius 3 is 1.36 bits per heavy atom. The predicted molar refractivity (Wildman–Crippen MR) is 241 cm³/mol. The molecule has 0 spiro atoms. The van der Waals surface area contributed by atoms with Gasteiger partial charge in [-0.15, -0.1) is 0 Å². The molecule has 4 atom stereocenters. The molecule has 0 bridgehead atoms. The first-order valence-corrected chi connectivity index (χ1v) is 23.8. The number of aromatic amines is 2. The summed E-state index contributed by atoms with van der Waals surface area (Å²) in [5, 5.41) is 10.0. The molecule has 12 rings (SSSR count). The minimum absolute atomic E-state index is 0.0117. The monoisotopic (exact) mass is 908 g/mol. The summed E-state index contributed by atoms with van der Waals surface area (Å²) >= 11 is 12.2. The molecule has 4 aliphatic heterocycles. The molecule has 2 N–H and O–H groups in total. The lowest BCUT2D eigenvalue weighted by Gasteiger charge is -2.38. The van der Waals surface area contributed by atoms with Crippen molar-refractivity contribution >= 4 is 69.2 Å². The molecule has 336 valence electrons. The molecular formula is C44H54Cl2N16O2. The molecule has 10 heterocycles. The van der Waals surface area contributed by atoms with Gasteiger partial charge in [-0.3, -0.25) is 19.0 Å². The van der Waals surface area contributed by atoms with Crippen LogP contribution in [0.25, 0.3) is 22.3 Å². The number of aromatic nitrogens is 12. The zero-order valence-corrected chi connectivity index (χ0v) is 37.8. The highest BCUT2D eigenvalue weighted by molar-refractivity contribution is 6.30. The van der Waals surface area contributed by atoms with Gasteiger partial charge in [0.05, 0.1) is 46.7 Å². The van der Waals surface area contributed by atoms with E-state index in [2.05, 4.69) is 53.8 Å². The Morgan fingerprint density at radius 1 is 0.594 bits per heavy atom. The number of H-pyrrole nitrogens is 2. The van der Waals surface area contributed by atoms with Crippen LogP contribution in [0.2, 0.25) is 10.0 Å². The number of nitrogens with one attached hydrogen (secondary N) is 2. The maximum absolute atomic E-state index is 13.0. The first-order valence-electron chi connectivity index (χ1n) is 23.1. The Kier molecular flexibility index (Phi) is 10.5. The van der Waals surface area contributed by atoms with Crippen molar-refractivity contribution < 1.29 is 9.59 Å². The van der Waals surface area contributed by atoms with E-state index >= 15 is 0 Å². The zero-order chi connectivity index (χ0) is 43.7. The molecule has 2 aliphatic carbocycles. The summed E-state index contributed by atoms with van der Waals surface area (Å²) in [6.45, 7) is 9.27. The normalized spacial score (nSPS) is 24.9. The van der Waals surface area contributed by atoms with Crippen LogP contribution in [-0.2, 0) is 20.7 Å². The third-order valence-electron chi connectivity index (χ3n) is 14.6. The fraction of sp³-hybridized carbons (Fsp3) is 0.591. The molecule has 6 aromatic rings. The maximum atomic E-state index is 13.0. The zero-order valence-electron chi connectivity index (χ0n) is 36.3. The van der Waals surface area contributed by atoms with Gasteiger partial charge in [-0.25, -0.2) is 19.9 Å². The van der Waals surface area contributed by atoms with E-state index in [1.54, 1.807) is 24.8 Å². The lowest BCUT2D eigenvalue weighted by molar-refractivity contribution is -0.135. The van der Waals surface area contributed by atoms with Crippen molar-refractivity contribution in [1.29, 1.82) is 0 Å². The number of imidazole rings is 2.